The average molecular weight is 288 g/mol. The van der Waals surface area contributed by atoms with E-state index in [-0.39, 0.29) is 12.5 Å². The molecule has 0 saturated heterocycles. The molecule has 0 aliphatic heterocycles. The molecule has 1 aromatic rings. The Labute approximate surface area is 117 Å². The molecule has 0 unspecified atom stereocenters. The Morgan fingerprint density at radius 2 is 2.22 bits per heavy atom. The van der Waals surface area contributed by atoms with Crippen molar-refractivity contribution in [1.29, 1.82) is 0 Å². The fraction of sp³-hybridized carbons (Fsp3) is 0.462. The van der Waals surface area contributed by atoms with Gasteiger partial charge in [0.1, 0.15) is 0 Å². The summed E-state index contributed by atoms with van der Waals surface area (Å²) in [5.41, 5.74) is 1.43. The van der Waals surface area contributed by atoms with Crippen molar-refractivity contribution in [3.05, 3.63) is 34.3 Å². The van der Waals surface area contributed by atoms with Gasteiger partial charge in [0.25, 0.3) is 5.91 Å². The zero-order valence-electron chi connectivity index (χ0n) is 10.4. The van der Waals surface area contributed by atoms with E-state index >= 15 is 0 Å². The van der Waals surface area contributed by atoms with E-state index in [2.05, 4.69) is 5.32 Å². The van der Waals surface area contributed by atoms with Crippen LogP contribution < -0.4 is 5.32 Å². The first-order valence-electron chi connectivity index (χ1n) is 5.88. The van der Waals surface area contributed by atoms with E-state index in [1.54, 1.807) is 17.8 Å². The van der Waals surface area contributed by atoms with Gasteiger partial charge in [-0.3, -0.25) is 4.79 Å². The monoisotopic (exact) mass is 287 g/mol. The molecule has 1 rings (SSSR count). The molecular weight excluding hydrogens is 270 g/mol. The molecule has 2 N–H and O–H groups in total. The number of aliphatic hydroxyl groups excluding tert-OH is 1. The van der Waals surface area contributed by atoms with Crippen molar-refractivity contribution in [2.24, 2.45) is 0 Å². The predicted octanol–water partition coefficient (Wildman–Crippen LogP) is 2.49. The Bertz CT molecular complexity index is 399. The van der Waals surface area contributed by atoms with Crippen LogP contribution in [0.2, 0.25) is 5.02 Å². The molecule has 5 heteroatoms. The molecule has 18 heavy (non-hydrogen) atoms. The number of carbonyl (C=O) groups is 1. The van der Waals surface area contributed by atoms with Crippen LogP contribution in [0.5, 0.6) is 0 Å². The summed E-state index contributed by atoms with van der Waals surface area (Å²) in [5.74, 6) is 1.62. The van der Waals surface area contributed by atoms with Gasteiger partial charge in [0, 0.05) is 18.9 Å². The first-order chi connectivity index (χ1) is 8.66. The van der Waals surface area contributed by atoms with Gasteiger partial charge in [-0.1, -0.05) is 23.7 Å². The van der Waals surface area contributed by atoms with E-state index in [9.17, 15) is 4.79 Å². The summed E-state index contributed by atoms with van der Waals surface area (Å²) in [7, 11) is 0. The van der Waals surface area contributed by atoms with Crippen molar-refractivity contribution >= 4 is 29.3 Å². The summed E-state index contributed by atoms with van der Waals surface area (Å²) in [4.78, 5) is 11.9. The molecule has 0 aromatic heterocycles. The minimum absolute atomic E-state index is 0.133. The number of hydrogen-bond acceptors (Lipinski definition) is 3. The van der Waals surface area contributed by atoms with E-state index in [1.165, 1.54) is 0 Å². The van der Waals surface area contributed by atoms with Gasteiger partial charge in [-0.05, 0) is 30.7 Å². The van der Waals surface area contributed by atoms with Gasteiger partial charge in [-0.15, -0.1) is 0 Å². The van der Waals surface area contributed by atoms with Gasteiger partial charge in [-0.2, -0.15) is 11.8 Å². The highest BCUT2D eigenvalue weighted by atomic mass is 35.5. The van der Waals surface area contributed by atoms with Gasteiger partial charge in [-0.25, -0.2) is 0 Å². The smallest absolute Gasteiger partial charge is 0.252 e. The molecule has 1 aromatic carbocycles. The second-order valence-corrected chi connectivity index (χ2v) is 5.48. The second-order valence-electron chi connectivity index (χ2n) is 3.88. The standard InChI is InChI=1S/C13H18ClNO2S/c1-10-4-2-5-11(12(10)14)13(17)15-6-9-18-8-3-7-16/h2,4-5,16H,3,6-9H2,1H3,(H,15,17). The molecule has 0 aliphatic carbocycles. The number of amides is 1. The average Bonchev–Trinajstić information content (AvgIpc) is 2.36. The van der Waals surface area contributed by atoms with Crippen LogP contribution in [0.3, 0.4) is 0 Å². The lowest BCUT2D eigenvalue weighted by atomic mass is 10.1. The lowest BCUT2D eigenvalue weighted by Crippen LogP contribution is -2.26. The quantitative estimate of drug-likeness (QED) is 0.758. The maximum Gasteiger partial charge on any atom is 0.252 e. The van der Waals surface area contributed by atoms with Crippen LogP contribution in [0.15, 0.2) is 18.2 Å². The Kier molecular flexibility index (Phi) is 7.16. The van der Waals surface area contributed by atoms with Crippen LogP contribution in [0.25, 0.3) is 0 Å². The molecule has 0 spiro atoms. The third kappa shape index (κ3) is 4.88. The summed E-state index contributed by atoms with van der Waals surface area (Å²) in [6.45, 7) is 2.71. The number of nitrogens with one attached hydrogen (secondary N) is 1. The highest BCUT2D eigenvalue weighted by molar-refractivity contribution is 7.99. The topological polar surface area (TPSA) is 49.3 Å². The summed E-state index contributed by atoms with van der Waals surface area (Å²) in [6, 6.07) is 5.43. The van der Waals surface area contributed by atoms with Crippen LogP contribution in [0.1, 0.15) is 22.3 Å². The SMILES string of the molecule is Cc1cccc(C(=O)NCCSCCCO)c1Cl. The van der Waals surface area contributed by atoms with Gasteiger partial charge in [0.05, 0.1) is 10.6 Å². The third-order valence-electron chi connectivity index (χ3n) is 2.42. The first kappa shape index (κ1) is 15.3. The molecule has 0 saturated carbocycles. The Balaban J connectivity index is 2.35. The number of carbonyl (C=O) groups excluding carboxylic acids is 1. The minimum atomic E-state index is -0.133. The molecule has 0 heterocycles. The van der Waals surface area contributed by atoms with Crippen LogP contribution in [-0.4, -0.2) is 35.7 Å². The van der Waals surface area contributed by atoms with E-state index < -0.39 is 0 Å². The molecule has 3 nitrogen and oxygen atoms in total. The van der Waals surface area contributed by atoms with Crippen molar-refractivity contribution in [2.75, 3.05) is 24.7 Å². The first-order valence-corrected chi connectivity index (χ1v) is 7.42. The fourth-order valence-corrected chi connectivity index (χ4v) is 2.42. The van der Waals surface area contributed by atoms with E-state index in [1.807, 2.05) is 19.1 Å². The summed E-state index contributed by atoms with van der Waals surface area (Å²) in [5, 5.41) is 12.0. The minimum Gasteiger partial charge on any atom is -0.396 e. The summed E-state index contributed by atoms with van der Waals surface area (Å²) >= 11 is 7.79. The zero-order valence-corrected chi connectivity index (χ0v) is 12.0. The number of halogens is 1. The fourth-order valence-electron chi connectivity index (χ4n) is 1.42. The maximum atomic E-state index is 11.9. The van der Waals surface area contributed by atoms with E-state index in [4.69, 9.17) is 16.7 Å². The van der Waals surface area contributed by atoms with Gasteiger partial charge < -0.3 is 10.4 Å². The molecule has 1 amide bonds. The molecule has 0 atom stereocenters. The number of benzene rings is 1. The van der Waals surface area contributed by atoms with Crippen LogP contribution in [-0.2, 0) is 0 Å². The van der Waals surface area contributed by atoms with Crippen LogP contribution in [0.4, 0.5) is 0 Å². The molecular formula is C13H18ClNO2S. The lowest BCUT2D eigenvalue weighted by Gasteiger charge is -2.08. The number of aryl methyl sites for hydroxylation is 1. The Morgan fingerprint density at radius 3 is 2.94 bits per heavy atom. The van der Waals surface area contributed by atoms with Gasteiger partial charge in [0.15, 0.2) is 0 Å². The van der Waals surface area contributed by atoms with E-state index in [0.29, 0.717) is 17.1 Å². The Morgan fingerprint density at radius 1 is 1.44 bits per heavy atom. The van der Waals surface area contributed by atoms with Gasteiger partial charge >= 0.3 is 0 Å². The summed E-state index contributed by atoms with van der Waals surface area (Å²) in [6.07, 6.45) is 0.794. The van der Waals surface area contributed by atoms with Gasteiger partial charge in [0.2, 0.25) is 0 Å². The van der Waals surface area contributed by atoms with Crippen molar-refractivity contribution in [3.63, 3.8) is 0 Å². The molecule has 0 fully saturated rings. The molecule has 100 valence electrons. The third-order valence-corrected chi connectivity index (χ3v) is 3.99. The highest BCUT2D eigenvalue weighted by Gasteiger charge is 2.10. The molecule has 0 aliphatic rings. The molecule has 0 radical (unpaired) electrons. The van der Waals surface area contributed by atoms with Crippen molar-refractivity contribution < 1.29 is 9.90 Å². The van der Waals surface area contributed by atoms with E-state index in [0.717, 1.165) is 23.5 Å². The largest absolute Gasteiger partial charge is 0.396 e. The number of aliphatic hydroxyl groups is 1. The molecule has 0 bridgehead atoms. The normalized spacial score (nSPS) is 10.4. The van der Waals surface area contributed by atoms with Crippen molar-refractivity contribution in [1.82, 2.24) is 5.32 Å². The van der Waals surface area contributed by atoms with Crippen LogP contribution in [0, 0.1) is 6.92 Å². The van der Waals surface area contributed by atoms with Crippen LogP contribution >= 0.6 is 23.4 Å². The maximum absolute atomic E-state index is 11.9. The summed E-state index contributed by atoms with van der Waals surface area (Å²) < 4.78 is 0. The zero-order chi connectivity index (χ0) is 13.4. The highest BCUT2D eigenvalue weighted by Crippen LogP contribution is 2.19. The Hall–Kier alpha value is -0.710. The number of thioether (sulfide) groups is 1. The number of rotatable bonds is 7. The second kappa shape index (κ2) is 8.40. The predicted molar refractivity (Wildman–Crippen MR) is 77.6 cm³/mol. The number of hydrogen-bond donors (Lipinski definition) is 2. The van der Waals surface area contributed by atoms with Crippen molar-refractivity contribution in [2.45, 2.75) is 13.3 Å². The lowest BCUT2D eigenvalue weighted by molar-refractivity contribution is 0.0956. The van der Waals surface area contributed by atoms with Crippen molar-refractivity contribution in [3.8, 4) is 0 Å².